The molecule has 3 fully saturated rings. The molecule has 10 heteroatoms. The van der Waals surface area contributed by atoms with E-state index in [4.69, 9.17) is 9.47 Å². The van der Waals surface area contributed by atoms with Crippen LogP contribution in [0.15, 0.2) is 42.7 Å². The van der Waals surface area contributed by atoms with Gasteiger partial charge < -0.3 is 19.7 Å². The average Bonchev–Trinajstić information content (AvgIpc) is 3.16. The maximum absolute atomic E-state index is 12.4. The number of morpholine rings is 1. The summed E-state index contributed by atoms with van der Waals surface area (Å²) in [5, 5.41) is 3.53. The Kier molecular flexibility index (Phi) is 8.62. The first-order valence-corrected chi connectivity index (χ1v) is 11.1. The summed E-state index contributed by atoms with van der Waals surface area (Å²) in [6.45, 7) is 4.82. The van der Waals surface area contributed by atoms with Gasteiger partial charge in [0, 0.05) is 25.8 Å². The van der Waals surface area contributed by atoms with Crippen molar-refractivity contribution in [1.82, 2.24) is 9.97 Å². The fourth-order valence-corrected chi connectivity index (χ4v) is 4.71. The van der Waals surface area contributed by atoms with E-state index in [1.165, 1.54) is 0 Å². The minimum atomic E-state index is -0.369. The van der Waals surface area contributed by atoms with Gasteiger partial charge >= 0.3 is 6.09 Å². The van der Waals surface area contributed by atoms with Gasteiger partial charge in [0.05, 0.1) is 31.6 Å². The van der Waals surface area contributed by atoms with E-state index in [0.717, 1.165) is 70.0 Å². The van der Waals surface area contributed by atoms with Gasteiger partial charge in [0.25, 0.3) is 0 Å². The van der Waals surface area contributed by atoms with Gasteiger partial charge in [-0.2, -0.15) is 0 Å². The number of nitrogens with zero attached hydrogens (tertiary/aromatic N) is 4. The number of nitrogens with one attached hydrogen (secondary N) is 1. The first-order valence-electron chi connectivity index (χ1n) is 11.1. The minimum absolute atomic E-state index is 0. The highest BCUT2D eigenvalue weighted by atomic mass is 35.5. The summed E-state index contributed by atoms with van der Waals surface area (Å²) < 4.78 is 11.2. The van der Waals surface area contributed by atoms with E-state index in [0.29, 0.717) is 18.3 Å². The second-order valence-electron chi connectivity index (χ2n) is 8.65. The number of ether oxygens (including phenoxy) is 2. The average molecular weight is 496 g/mol. The number of rotatable bonds is 5. The van der Waals surface area contributed by atoms with Crippen molar-refractivity contribution in [3.8, 4) is 0 Å². The Labute approximate surface area is 206 Å². The monoisotopic (exact) mass is 495 g/mol. The lowest BCUT2D eigenvalue weighted by atomic mass is 9.78. The van der Waals surface area contributed by atoms with Crippen molar-refractivity contribution in [2.45, 2.75) is 31.3 Å². The quantitative estimate of drug-likeness (QED) is 0.666. The van der Waals surface area contributed by atoms with E-state index in [1.807, 2.05) is 24.4 Å². The van der Waals surface area contributed by atoms with Crippen LogP contribution >= 0.6 is 24.8 Å². The number of hydrogen-bond donors (Lipinski definition) is 1. The summed E-state index contributed by atoms with van der Waals surface area (Å²) in [6.07, 6.45) is 7.20. The summed E-state index contributed by atoms with van der Waals surface area (Å²) >= 11 is 0. The van der Waals surface area contributed by atoms with Gasteiger partial charge in [-0.05, 0) is 55.9 Å². The molecule has 0 radical (unpaired) electrons. The number of halogens is 2. The molecule has 1 spiro atoms. The predicted molar refractivity (Wildman–Crippen MR) is 133 cm³/mol. The van der Waals surface area contributed by atoms with E-state index in [-0.39, 0.29) is 36.5 Å². The third-order valence-corrected chi connectivity index (χ3v) is 6.59. The number of carbonyl (C=O) groups is 1. The molecule has 0 bridgehead atoms. The Morgan fingerprint density at radius 2 is 1.82 bits per heavy atom. The molecular weight excluding hydrogens is 465 g/mol. The van der Waals surface area contributed by atoms with Crippen LogP contribution in [-0.4, -0.2) is 61.1 Å². The van der Waals surface area contributed by atoms with E-state index in [1.54, 1.807) is 11.1 Å². The number of amides is 1. The zero-order chi connectivity index (χ0) is 21.1. The third kappa shape index (κ3) is 5.80. The molecule has 0 aromatic carbocycles. The second-order valence-corrected chi connectivity index (χ2v) is 8.65. The summed E-state index contributed by atoms with van der Waals surface area (Å²) in [5.74, 6) is 2.24. The van der Waals surface area contributed by atoms with E-state index in [2.05, 4.69) is 32.3 Å². The fourth-order valence-electron chi connectivity index (χ4n) is 4.71. The molecule has 180 valence electrons. The van der Waals surface area contributed by atoms with E-state index in [9.17, 15) is 4.79 Å². The lowest BCUT2D eigenvalue weighted by Gasteiger charge is -2.35. The van der Waals surface area contributed by atoms with Crippen LogP contribution in [0, 0.1) is 5.92 Å². The molecule has 5 rings (SSSR count). The van der Waals surface area contributed by atoms with Gasteiger partial charge in [0.2, 0.25) is 0 Å². The van der Waals surface area contributed by atoms with Crippen LogP contribution in [0.5, 0.6) is 0 Å². The Morgan fingerprint density at radius 1 is 1.03 bits per heavy atom. The van der Waals surface area contributed by atoms with Gasteiger partial charge in [-0.15, -0.1) is 24.8 Å². The Hall–Kier alpha value is -2.29. The molecule has 0 unspecified atom stereocenters. The molecule has 33 heavy (non-hydrogen) atoms. The van der Waals surface area contributed by atoms with E-state index >= 15 is 0 Å². The van der Waals surface area contributed by atoms with Crippen LogP contribution in [0.1, 0.15) is 25.7 Å². The van der Waals surface area contributed by atoms with Crippen LogP contribution in [-0.2, 0) is 9.47 Å². The smallest absolute Gasteiger partial charge is 0.416 e. The second kappa shape index (κ2) is 11.2. The molecule has 3 aliphatic rings. The third-order valence-electron chi connectivity index (χ3n) is 6.59. The standard InChI is InChI=1S/C23H29N5O3.2ClH/c29-22-28(21-3-1-2-10-24-21)17-23(31-22)8-6-18(7-9-23)15-25-19-4-5-20(26-16-19)27-11-13-30-14-12-27;;/h1-5,10,16,18,25H,6-9,11-15,17H2;2*1H. The molecule has 8 nitrogen and oxygen atoms in total. The van der Waals surface area contributed by atoms with Crippen LogP contribution in [0.3, 0.4) is 0 Å². The van der Waals surface area contributed by atoms with Crippen LogP contribution in [0.4, 0.5) is 22.1 Å². The first kappa shape index (κ1) is 25.3. The van der Waals surface area contributed by atoms with Gasteiger partial charge in [-0.3, -0.25) is 4.90 Å². The number of carbonyl (C=O) groups excluding carboxylic acids is 1. The maximum Gasteiger partial charge on any atom is 0.416 e. The van der Waals surface area contributed by atoms with Crippen molar-refractivity contribution in [3.05, 3.63) is 42.7 Å². The fraction of sp³-hybridized carbons (Fsp3) is 0.522. The molecule has 2 aromatic rings. The Morgan fingerprint density at radius 3 is 2.48 bits per heavy atom. The van der Waals surface area contributed by atoms with Gasteiger partial charge in [0.15, 0.2) is 0 Å². The van der Waals surface area contributed by atoms with Gasteiger partial charge in [-0.25, -0.2) is 14.8 Å². The highest BCUT2D eigenvalue weighted by molar-refractivity contribution is 5.89. The summed E-state index contributed by atoms with van der Waals surface area (Å²) in [4.78, 5) is 25.2. The van der Waals surface area contributed by atoms with Crippen molar-refractivity contribution in [2.24, 2.45) is 5.92 Å². The van der Waals surface area contributed by atoms with Gasteiger partial charge in [0.1, 0.15) is 17.2 Å². The van der Waals surface area contributed by atoms with Crippen molar-refractivity contribution >= 4 is 48.2 Å². The number of aromatic nitrogens is 2. The molecular formula is C23H31Cl2N5O3. The first-order chi connectivity index (χ1) is 15.2. The van der Waals surface area contributed by atoms with Crippen molar-refractivity contribution < 1.29 is 14.3 Å². The Balaban J connectivity index is 0.00000153. The van der Waals surface area contributed by atoms with Crippen LogP contribution < -0.4 is 15.1 Å². The van der Waals surface area contributed by atoms with Crippen molar-refractivity contribution in [2.75, 3.05) is 54.5 Å². The number of pyridine rings is 2. The molecule has 1 aliphatic carbocycles. The normalized spacial score (nSPS) is 24.6. The molecule has 1 amide bonds. The Bertz CT molecular complexity index is 889. The van der Waals surface area contributed by atoms with E-state index < -0.39 is 0 Å². The summed E-state index contributed by atoms with van der Waals surface area (Å²) in [6, 6.07) is 9.78. The zero-order valence-electron chi connectivity index (χ0n) is 18.5. The molecule has 2 aliphatic heterocycles. The largest absolute Gasteiger partial charge is 0.441 e. The zero-order valence-corrected chi connectivity index (χ0v) is 20.2. The molecule has 2 saturated heterocycles. The maximum atomic E-state index is 12.4. The molecule has 1 saturated carbocycles. The van der Waals surface area contributed by atoms with Crippen LogP contribution in [0.25, 0.3) is 0 Å². The summed E-state index contributed by atoms with van der Waals surface area (Å²) in [5.41, 5.74) is 0.679. The summed E-state index contributed by atoms with van der Waals surface area (Å²) in [7, 11) is 0. The van der Waals surface area contributed by atoms with Crippen molar-refractivity contribution in [1.29, 1.82) is 0 Å². The molecule has 0 atom stereocenters. The topological polar surface area (TPSA) is 79.8 Å². The molecule has 4 heterocycles. The van der Waals surface area contributed by atoms with Gasteiger partial charge in [-0.1, -0.05) is 6.07 Å². The number of anilines is 3. The lowest BCUT2D eigenvalue weighted by molar-refractivity contribution is 0.0148. The van der Waals surface area contributed by atoms with Crippen LogP contribution in [0.2, 0.25) is 0 Å². The predicted octanol–water partition coefficient (Wildman–Crippen LogP) is 4.15. The SMILES string of the molecule is Cl.Cl.O=C1OC2(CCC(CNc3ccc(N4CCOCC4)nc3)CC2)CN1c1ccccn1. The highest BCUT2D eigenvalue weighted by Gasteiger charge is 2.47. The lowest BCUT2D eigenvalue weighted by Crippen LogP contribution is -2.39. The highest BCUT2D eigenvalue weighted by Crippen LogP contribution is 2.40. The molecule has 2 aromatic heterocycles. The molecule has 1 N–H and O–H groups in total. The van der Waals surface area contributed by atoms with Crippen molar-refractivity contribution in [3.63, 3.8) is 0 Å². The minimum Gasteiger partial charge on any atom is -0.441 e. The number of hydrogen-bond acceptors (Lipinski definition) is 7.